The highest BCUT2D eigenvalue weighted by Gasteiger charge is 2.08. The molecule has 0 saturated heterocycles. The molecule has 0 spiro atoms. The zero-order valence-electron chi connectivity index (χ0n) is 13.2. The van der Waals surface area contributed by atoms with Crippen LogP contribution in [0.4, 0.5) is 0 Å². The molecule has 0 bridgehead atoms. The molecular formula is C16H27NO4. The van der Waals surface area contributed by atoms with Gasteiger partial charge in [0.1, 0.15) is 18.5 Å². The first kappa shape index (κ1) is 17.9. The van der Waals surface area contributed by atoms with E-state index >= 15 is 0 Å². The van der Waals surface area contributed by atoms with Gasteiger partial charge in [0.15, 0.2) is 0 Å². The Kier molecular flexibility index (Phi) is 9.01. The van der Waals surface area contributed by atoms with E-state index in [1.54, 1.807) is 7.11 Å². The molecule has 2 atom stereocenters. The predicted molar refractivity (Wildman–Crippen MR) is 82.7 cm³/mol. The fraction of sp³-hybridized carbons (Fsp3) is 0.625. The summed E-state index contributed by atoms with van der Waals surface area (Å²) < 4.78 is 15.6. The molecular weight excluding hydrogens is 270 g/mol. The van der Waals surface area contributed by atoms with Gasteiger partial charge in [-0.25, -0.2) is 0 Å². The van der Waals surface area contributed by atoms with E-state index in [1.807, 2.05) is 31.3 Å². The molecule has 21 heavy (non-hydrogen) atoms. The van der Waals surface area contributed by atoms with E-state index in [2.05, 4.69) is 12.2 Å². The third kappa shape index (κ3) is 6.91. The number of hydrogen-bond donors (Lipinski definition) is 2. The van der Waals surface area contributed by atoms with E-state index in [0.717, 1.165) is 12.2 Å². The highest BCUT2D eigenvalue weighted by Crippen LogP contribution is 2.19. The second-order valence-corrected chi connectivity index (χ2v) is 4.85. The molecule has 5 nitrogen and oxygen atoms in total. The standard InChI is InChI=1S/C16H27NO4/c1-4-16(17-2)13-5-7-15(8-6-13)21-12-14(18)11-20-10-9-19-3/h5-8,14,16-18H,4,9-12H2,1-3H3. The molecule has 0 fully saturated rings. The first-order valence-electron chi connectivity index (χ1n) is 7.36. The minimum absolute atomic E-state index is 0.218. The van der Waals surface area contributed by atoms with Crippen LogP contribution in [0.15, 0.2) is 24.3 Å². The summed E-state index contributed by atoms with van der Waals surface area (Å²) in [5.74, 6) is 0.751. The number of benzene rings is 1. The van der Waals surface area contributed by atoms with Crippen molar-refractivity contribution in [2.24, 2.45) is 0 Å². The average molecular weight is 297 g/mol. The van der Waals surface area contributed by atoms with Gasteiger partial charge >= 0.3 is 0 Å². The Morgan fingerprint density at radius 1 is 1.14 bits per heavy atom. The van der Waals surface area contributed by atoms with Crippen molar-refractivity contribution in [2.45, 2.75) is 25.5 Å². The van der Waals surface area contributed by atoms with E-state index in [0.29, 0.717) is 19.3 Å². The van der Waals surface area contributed by atoms with Gasteiger partial charge in [-0.15, -0.1) is 0 Å². The third-order valence-electron chi connectivity index (χ3n) is 3.22. The van der Waals surface area contributed by atoms with Crippen LogP contribution in [0.1, 0.15) is 24.9 Å². The third-order valence-corrected chi connectivity index (χ3v) is 3.22. The molecule has 1 aromatic carbocycles. The van der Waals surface area contributed by atoms with Gasteiger partial charge in [0.05, 0.1) is 19.8 Å². The maximum absolute atomic E-state index is 9.73. The number of hydrogen-bond acceptors (Lipinski definition) is 5. The van der Waals surface area contributed by atoms with Gasteiger partial charge < -0.3 is 24.6 Å². The minimum atomic E-state index is -0.637. The summed E-state index contributed by atoms with van der Waals surface area (Å²) in [7, 11) is 3.57. The van der Waals surface area contributed by atoms with Crippen LogP contribution >= 0.6 is 0 Å². The summed E-state index contributed by atoms with van der Waals surface area (Å²) in [5, 5.41) is 13.0. The quantitative estimate of drug-likeness (QED) is 0.610. The summed E-state index contributed by atoms with van der Waals surface area (Å²) in [6.07, 6.45) is 0.399. The Labute approximate surface area is 127 Å². The Bertz CT molecular complexity index is 365. The summed E-state index contributed by atoms with van der Waals surface area (Å²) >= 11 is 0. The van der Waals surface area contributed by atoms with Crippen LogP contribution < -0.4 is 10.1 Å². The Hall–Kier alpha value is -1.14. The average Bonchev–Trinajstić information content (AvgIpc) is 2.52. The Morgan fingerprint density at radius 3 is 2.43 bits per heavy atom. The molecule has 0 aliphatic rings. The maximum atomic E-state index is 9.73. The van der Waals surface area contributed by atoms with Crippen molar-refractivity contribution in [3.8, 4) is 5.75 Å². The second-order valence-electron chi connectivity index (χ2n) is 4.85. The maximum Gasteiger partial charge on any atom is 0.119 e. The summed E-state index contributed by atoms with van der Waals surface area (Å²) in [5.41, 5.74) is 1.23. The Morgan fingerprint density at radius 2 is 1.86 bits per heavy atom. The fourth-order valence-electron chi connectivity index (χ4n) is 2.01. The largest absolute Gasteiger partial charge is 0.491 e. The van der Waals surface area contributed by atoms with E-state index in [-0.39, 0.29) is 13.2 Å². The van der Waals surface area contributed by atoms with Crippen LogP contribution in [0.5, 0.6) is 5.75 Å². The lowest BCUT2D eigenvalue weighted by Crippen LogP contribution is -2.24. The van der Waals surface area contributed by atoms with E-state index in [1.165, 1.54) is 5.56 Å². The first-order valence-corrected chi connectivity index (χ1v) is 7.36. The number of methoxy groups -OCH3 is 1. The van der Waals surface area contributed by atoms with Crippen molar-refractivity contribution < 1.29 is 19.3 Å². The van der Waals surface area contributed by atoms with Gasteiger partial charge in [0.25, 0.3) is 0 Å². The molecule has 1 aromatic rings. The number of ether oxygens (including phenoxy) is 3. The zero-order chi connectivity index (χ0) is 15.5. The van der Waals surface area contributed by atoms with Gasteiger partial charge in [-0.3, -0.25) is 0 Å². The van der Waals surface area contributed by atoms with Crippen LogP contribution in [-0.4, -0.2) is 51.8 Å². The molecule has 0 radical (unpaired) electrons. The van der Waals surface area contributed by atoms with Crippen LogP contribution in [0.3, 0.4) is 0 Å². The van der Waals surface area contributed by atoms with Crippen LogP contribution in [0.25, 0.3) is 0 Å². The predicted octanol–water partition coefficient (Wildman–Crippen LogP) is 1.76. The van der Waals surface area contributed by atoms with E-state index in [9.17, 15) is 5.11 Å². The minimum Gasteiger partial charge on any atom is -0.491 e. The molecule has 2 unspecified atom stereocenters. The van der Waals surface area contributed by atoms with Gasteiger partial charge in [-0.05, 0) is 31.2 Å². The highest BCUT2D eigenvalue weighted by atomic mass is 16.5. The molecule has 0 aliphatic heterocycles. The van der Waals surface area contributed by atoms with Crippen molar-refractivity contribution in [3.05, 3.63) is 29.8 Å². The number of nitrogens with one attached hydrogen (secondary N) is 1. The molecule has 0 aromatic heterocycles. The lowest BCUT2D eigenvalue weighted by atomic mass is 10.1. The molecule has 120 valence electrons. The molecule has 0 saturated carbocycles. The van der Waals surface area contributed by atoms with Crippen molar-refractivity contribution >= 4 is 0 Å². The van der Waals surface area contributed by atoms with Crippen molar-refractivity contribution in [2.75, 3.05) is 40.6 Å². The van der Waals surface area contributed by atoms with Crippen LogP contribution in [-0.2, 0) is 9.47 Å². The summed E-state index contributed by atoms with van der Waals surface area (Å²) in [6, 6.07) is 8.30. The normalized spacial score (nSPS) is 13.9. The topological polar surface area (TPSA) is 60.0 Å². The smallest absolute Gasteiger partial charge is 0.119 e. The van der Waals surface area contributed by atoms with Gasteiger partial charge in [0.2, 0.25) is 0 Å². The van der Waals surface area contributed by atoms with E-state index in [4.69, 9.17) is 14.2 Å². The van der Waals surface area contributed by atoms with Crippen molar-refractivity contribution in [1.82, 2.24) is 5.32 Å². The molecule has 0 aliphatic carbocycles. The lowest BCUT2D eigenvalue weighted by molar-refractivity contribution is -0.00419. The number of rotatable bonds is 11. The molecule has 0 amide bonds. The van der Waals surface area contributed by atoms with Gasteiger partial charge in [-0.2, -0.15) is 0 Å². The monoisotopic (exact) mass is 297 g/mol. The highest BCUT2D eigenvalue weighted by molar-refractivity contribution is 5.29. The first-order chi connectivity index (χ1) is 10.2. The molecule has 0 heterocycles. The number of aliphatic hydroxyl groups excluding tert-OH is 1. The summed E-state index contributed by atoms with van der Waals surface area (Å²) in [4.78, 5) is 0. The van der Waals surface area contributed by atoms with Gasteiger partial charge in [-0.1, -0.05) is 19.1 Å². The van der Waals surface area contributed by atoms with Crippen LogP contribution in [0.2, 0.25) is 0 Å². The number of aliphatic hydroxyl groups is 1. The fourth-order valence-corrected chi connectivity index (χ4v) is 2.01. The van der Waals surface area contributed by atoms with Gasteiger partial charge in [0, 0.05) is 13.2 Å². The Balaban J connectivity index is 2.32. The van der Waals surface area contributed by atoms with E-state index < -0.39 is 6.10 Å². The van der Waals surface area contributed by atoms with Crippen molar-refractivity contribution in [3.63, 3.8) is 0 Å². The lowest BCUT2D eigenvalue weighted by Gasteiger charge is -2.16. The SMILES string of the molecule is CCC(NC)c1ccc(OCC(O)COCCOC)cc1. The summed E-state index contributed by atoms with van der Waals surface area (Å²) in [6.45, 7) is 3.62. The van der Waals surface area contributed by atoms with Crippen molar-refractivity contribution in [1.29, 1.82) is 0 Å². The molecule has 1 rings (SSSR count). The van der Waals surface area contributed by atoms with Crippen LogP contribution in [0, 0.1) is 0 Å². The zero-order valence-corrected chi connectivity index (χ0v) is 13.2. The second kappa shape index (κ2) is 10.6. The molecule has 2 N–H and O–H groups in total. The molecule has 5 heteroatoms.